The summed E-state index contributed by atoms with van der Waals surface area (Å²) in [6, 6.07) is 0.0762. The van der Waals surface area contributed by atoms with Gasteiger partial charge in [0.25, 0.3) is 0 Å². The van der Waals surface area contributed by atoms with Gasteiger partial charge < -0.3 is 10.2 Å². The minimum Gasteiger partial charge on any atom is -0.322 e. The second-order valence-electron chi connectivity index (χ2n) is 5.57. The van der Waals surface area contributed by atoms with E-state index in [9.17, 15) is 4.79 Å². The van der Waals surface area contributed by atoms with Crippen LogP contribution in [0.4, 0.5) is 4.79 Å². The van der Waals surface area contributed by atoms with Crippen LogP contribution in [0.15, 0.2) is 23.9 Å². The fraction of sp³-hybridized carbons (Fsp3) is 0.667. The smallest absolute Gasteiger partial charge is 0.322 e. The van der Waals surface area contributed by atoms with E-state index in [1.807, 2.05) is 26.8 Å². The van der Waals surface area contributed by atoms with Crippen LogP contribution in [0.1, 0.15) is 47.5 Å². The molecule has 1 aliphatic carbocycles. The third-order valence-corrected chi connectivity index (χ3v) is 3.39. The van der Waals surface area contributed by atoms with Gasteiger partial charge in [0.1, 0.15) is 0 Å². The number of carbonyl (C=O) groups excluding carboxylic acids is 1. The summed E-state index contributed by atoms with van der Waals surface area (Å²) in [5, 5.41) is 4.41. The molecule has 0 aromatic rings. The fourth-order valence-electron chi connectivity index (χ4n) is 2.03. The summed E-state index contributed by atoms with van der Waals surface area (Å²) in [6.07, 6.45) is 7.85. The molecule has 0 heterocycles. The largest absolute Gasteiger partial charge is 0.431 e. The molecule has 1 amide bonds. The SMILES string of the molecule is CCN(OC(=O)NC(C)C)C1=CC=CC(C)(CC)C1. The van der Waals surface area contributed by atoms with Gasteiger partial charge in [-0.15, -0.1) is 0 Å². The normalized spacial score (nSPS) is 22.1. The molecule has 0 bridgehead atoms. The van der Waals surface area contributed by atoms with Gasteiger partial charge in [0.2, 0.25) is 0 Å². The number of hydroxylamine groups is 2. The van der Waals surface area contributed by atoms with Gasteiger partial charge in [0.15, 0.2) is 0 Å². The minimum atomic E-state index is -0.398. The third kappa shape index (κ3) is 4.62. The number of rotatable bonds is 5. The van der Waals surface area contributed by atoms with Gasteiger partial charge in [-0.1, -0.05) is 26.0 Å². The Labute approximate surface area is 116 Å². The summed E-state index contributed by atoms with van der Waals surface area (Å²) in [7, 11) is 0. The molecular formula is C15H26N2O2. The predicted octanol–water partition coefficient (Wildman–Crippen LogP) is 3.62. The van der Waals surface area contributed by atoms with Crippen LogP contribution in [0, 0.1) is 5.41 Å². The molecule has 0 aromatic heterocycles. The number of allylic oxidation sites excluding steroid dienone is 4. The number of amides is 1. The van der Waals surface area contributed by atoms with E-state index in [-0.39, 0.29) is 11.5 Å². The molecule has 1 N–H and O–H groups in total. The zero-order valence-electron chi connectivity index (χ0n) is 12.7. The van der Waals surface area contributed by atoms with E-state index < -0.39 is 6.09 Å². The predicted molar refractivity (Wildman–Crippen MR) is 77.4 cm³/mol. The summed E-state index contributed by atoms with van der Waals surface area (Å²) in [5.74, 6) is 0. The second-order valence-corrected chi connectivity index (χ2v) is 5.57. The lowest BCUT2D eigenvalue weighted by atomic mass is 9.80. The second kappa shape index (κ2) is 6.64. The molecule has 108 valence electrons. The van der Waals surface area contributed by atoms with Crippen molar-refractivity contribution in [1.82, 2.24) is 10.4 Å². The van der Waals surface area contributed by atoms with Crippen LogP contribution >= 0.6 is 0 Å². The maximum Gasteiger partial charge on any atom is 0.431 e. The maximum absolute atomic E-state index is 11.7. The van der Waals surface area contributed by atoms with Crippen LogP contribution in [-0.2, 0) is 4.84 Å². The number of nitrogens with one attached hydrogen (secondary N) is 1. The molecule has 0 saturated heterocycles. The number of hydrogen-bond donors (Lipinski definition) is 1. The monoisotopic (exact) mass is 266 g/mol. The van der Waals surface area contributed by atoms with Crippen molar-refractivity contribution >= 4 is 6.09 Å². The van der Waals surface area contributed by atoms with Crippen molar-refractivity contribution in [2.24, 2.45) is 5.41 Å². The van der Waals surface area contributed by atoms with Crippen molar-refractivity contribution in [1.29, 1.82) is 0 Å². The fourth-order valence-corrected chi connectivity index (χ4v) is 2.03. The Morgan fingerprint density at radius 2 is 2.21 bits per heavy atom. The van der Waals surface area contributed by atoms with Gasteiger partial charge in [-0.2, -0.15) is 0 Å². The van der Waals surface area contributed by atoms with E-state index in [0.29, 0.717) is 6.54 Å². The van der Waals surface area contributed by atoms with E-state index in [4.69, 9.17) is 4.84 Å². The van der Waals surface area contributed by atoms with Crippen LogP contribution < -0.4 is 5.32 Å². The summed E-state index contributed by atoms with van der Waals surface area (Å²) in [5.41, 5.74) is 1.20. The van der Waals surface area contributed by atoms with Crippen molar-refractivity contribution in [2.45, 2.75) is 53.5 Å². The molecular weight excluding hydrogens is 240 g/mol. The van der Waals surface area contributed by atoms with E-state index >= 15 is 0 Å². The van der Waals surface area contributed by atoms with Crippen LogP contribution in [0.5, 0.6) is 0 Å². The van der Waals surface area contributed by atoms with Crippen LogP contribution in [0.25, 0.3) is 0 Å². The Morgan fingerprint density at radius 1 is 1.53 bits per heavy atom. The molecule has 0 saturated carbocycles. The first-order valence-electron chi connectivity index (χ1n) is 7.04. The zero-order valence-corrected chi connectivity index (χ0v) is 12.7. The van der Waals surface area contributed by atoms with Gasteiger partial charge in [0, 0.05) is 6.04 Å². The minimum absolute atomic E-state index is 0.0762. The molecule has 4 heteroatoms. The molecule has 1 atom stereocenters. The first kappa shape index (κ1) is 15.6. The van der Waals surface area contributed by atoms with E-state index in [2.05, 4.69) is 31.3 Å². The molecule has 0 aliphatic heterocycles. The van der Waals surface area contributed by atoms with Crippen LogP contribution in [-0.4, -0.2) is 23.7 Å². The van der Waals surface area contributed by atoms with Crippen molar-refractivity contribution < 1.29 is 9.63 Å². The summed E-state index contributed by atoms with van der Waals surface area (Å²) in [6.45, 7) is 10.8. The molecule has 0 aromatic carbocycles. The van der Waals surface area contributed by atoms with E-state index in [1.165, 1.54) is 0 Å². The van der Waals surface area contributed by atoms with E-state index in [0.717, 1.165) is 18.5 Å². The summed E-state index contributed by atoms with van der Waals surface area (Å²) < 4.78 is 0. The molecule has 1 rings (SSSR count). The van der Waals surface area contributed by atoms with Crippen LogP contribution in [0.3, 0.4) is 0 Å². The number of nitrogens with zero attached hydrogens (tertiary/aromatic N) is 1. The van der Waals surface area contributed by atoms with E-state index in [1.54, 1.807) is 5.06 Å². The van der Waals surface area contributed by atoms with Crippen molar-refractivity contribution in [3.8, 4) is 0 Å². The summed E-state index contributed by atoms with van der Waals surface area (Å²) >= 11 is 0. The molecule has 0 spiro atoms. The Hall–Kier alpha value is -1.45. The molecule has 1 unspecified atom stereocenters. The van der Waals surface area contributed by atoms with Gasteiger partial charge in [-0.3, -0.25) is 0 Å². The molecule has 19 heavy (non-hydrogen) atoms. The number of carbonyl (C=O) groups is 1. The Morgan fingerprint density at radius 3 is 2.74 bits per heavy atom. The quantitative estimate of drug-likeness (QED) is 0.773. The van der Waals surface area contributed by atoms with Gasteiger partial charge in [-0.25, -0.2) is 9.86 Å². The van der Waals surface area contributed by atoms with Crippen molar-refractivity contribution in [3.63, 3.8) is 0 Å². The van der Waals surface area contributed by atoms with Gasteiger partial charge in [0.05, 0.1) is 12.2 Å². The highest BCUT2D eigenvalue weighted by atomic mass is 16.7. The van der Waals surface area contributed by atoms with Gasteiger partial charge in [-0.05, 0) is 45.1 Å². The Bertz CT molecular complexity index is 374. The topological polar surface area (TPSA) is 41.6 Å². The van der Waals surface area contributed by atoms with Crippen molar-refractivity contribution in [3.05, 3.63) is 23.9 Å². The lowest BCUT2D eigenvalue weighted by Gasteiger charge is -2.33. The third-order valence-electron chi connectivity index (χ3n) is 3.39. The average molecular weight is 266 g/mol. The van der Waals surface area contributed by atoms with Gasteiger partial charge >= 0.3 is 6.09 Å². The Kier molecular flexibility index (Phi) is 5.45. The average Bonchev–Trinajstić information content (AvgIpc) is 2.35. The standard InChI is InChI=1S/C15H26N2O2/c1-6-15(5)10-8-9-13(11-15)17(7-2)19-14(18)16-12(3)4/h8-10,12H,6-7,11H2,1-5H3,(H,16,18). The number of hydrogen-bond acceptors (Lipinski definition) is 3. The molecule has 0 fully saturated rings. The first-order valence-corrected chi connectivity index (χ1v) is 7.04. The maximum atomic E-state index is 11.7. The lowest BCUT2D eigenvalue weighted by Crippen LogP contribution is -2.37. The highest BCUT2D eigenvalue weighted by molar-refractivity contribution is 5.67. The first-order chi connectivity index (χ1) is 8.90. The highest BCUT2D eigenvalue weighted by Gasteiger charge is 2.26. The molecule has 0 radical (unpaired) electrons. The Balaban J connectivity index is 2.68. The molecule has 1 aliphatic rings. The van der Waals surface area contributed by atoms with Crippen LogP contribution in [0.2, 0.25) is 0 Å². The highest BCUT2D eigenvalue weighted by Crippen LogP contribution is 2.35. The molecule has 4 nitrogen and oxygen atoms in total. The summed E-state index contributed by atoms with van der Waals surface area (Å²) in [4.78, 5) is 17.0. The zero-order chi connectivity index (χ0) is 14.5. The lowest BCUT2D eigenvalue weighted by molar-refractivity contribution is -0.0719. The van der Waals surface area contributed by atoms with Crippen molar-refractivity contribution in [2.75, 3.05) is 6.54 Å².